The molecule has 0 aromatic rings. The van der Waals surface area contributed by atoms with E-state index >= 15 is 0 Å². The van der Waals surface area contributed by atoms with Crippen molar-refractivity contribution in [3.05, 3.63) is 12.2 Å². The number of ketones is 1. The highest BCUT2D eigenvalue weighted by Gasteiger charge is 2.23. The van der Waals surface area contributed by atoms with E-state index in [0.29, 0.717) is 18.4 Å². The molecule has 1 unspecified atom stereocenters. The molecule has 52 valence electrons. The first-order chi connectivity index (χ1) is 4.74. The molecule has 0 N–H and O–H groups in total. The first-order valence-electron chi connectivity index (χ1n) is 3.34. The normalized spacial score (nSPS) is 24.3. The number of nitriles is 1. The highest BCUT2D eigenvalue weighted by Crippen LogP contribution is 2.26. The molecule has 1 rings (SSSR count). The molecule has 0 bridgehead atoms. The van der Waals surface area contributed by atoms with Gasteiger partial charge in [-0.15, -0.1) is 0 Å². The maximum absolute atomic E-state index is 10.7. The smallest absolute Gasteiger partial charge is 0.133 e. The molecule has 0 radical (unpaired) electrons. The number of carbonyl (C=O) groups excluding carboxylic acids is 1. The molecule has 0 aromatic carbocycles. The summed E-state index contributed by atoms with van der Waals surface area (Å²) in [7, 11) is 0. The lowest BCUT2D eigenvalue weighted by molar-refractivity contribution is -0.117. The van der Waals surface area contributed by atoms with E-state index in [9.17, 15) is 4.79 Å². The Kier molecular flexibility index (Phi) is 1.86. The van der Waals surface area contributed by atoms with Gasteiger partial charge in [0.05, 0.1) is 6.07 Å². The molecule has 1 saturated carbocycles. The van der Waals surface area contributed by atoms with Crippen molar-refractivity contribution in [3.63, 3.8) is 0 Å². The van der Waals surface area contributed by atoms with Gasteiger partial charge in [0, 0.05) is 24.3 Å². The maximum Gasteiger partial charge on any atom is 0.133 e. The lowest BCUT2D eigenvalue weighted by Gasteiger charge is -2.01. The summed E-state index contributed by atoms with van der Waals surface area (Å²) >= 11 is 0. The third-order valence-electron chi connectivity index (χ3n) is 1.88. The van der Waals surface area contributed by atoms with Gasteiger partial charge in [0.1, 0.15) is 5.78 Å². The summed E-state index contributed by atoms with van der Waals surface area (Å²) in [6.45, 7) is 3.58. The molecule has 2 nitrogen and oxygen atoms in total. The first-order valence-corrected chi connectivity index (χ1v) is 3.34. The highest BCUT2D eigenvalue weighted by atomic mass is 16.1. The van der Waals surface area contributed by atoms with Crippen molar-refractivity contribution in [2.24, 2.45) is 5.92 Å². The van der Waals surface area contributed by atoms with E-state index < -0.39 is 0 Å². The van der Waals surface area contributed by atoms with Crippen LogP contribution < -0.4 is 0 Å². The van der Waals surface area contributed by atoms with E-state index in [1.807, 2.05) is 6.07 Å². The fourth-order valence-electron chi connectivity index (χ4n) is 1.20. The fraction of sp³-hybridized carbons (Fsp3) is 0.500. The van der Waals surface area contributed by atoms with Crippen molar-refractivity contribution in [1.29, 1.82) is 5.26 Å². The second-order valence-electron chi connectivity index (χ2n) is 2.62. The van der Waals surface area contributed by atoms with E-state index in [2.05, 4.69) is 6.58 Å². The third-order valence-corrected chi connectivity index (χ3v) is 1.88. The lowest BCUT2D eigenvalue weighted by atomic mass is 10.0. The van der Waals surface area contributed by atoms with Gasteiger partial charge in [-0.3, -0.25) is 4.79 Å². The van der Waals surface area contributed by atoms with Crippen LogP contribution in [0.5, 0.6) is 0 Å². The molecule has 0 aliphatic heterocycles. The van der Waals surface area contributed by atoms with Crippen LogP contribution in [-0.4, -0.2) is 5.78 Å². The Bertz CT molecular complexity index is 212. The molecule has 0 saturated heterocycles. The SMILES string of the molecule is C=C(C#N)C1CCC(=O)C1. The Labute approximate surface area is 60.2 Å². The van der Waals surface area contributed by atoms with Gasteiger partial charge in [0.15, 0.2) is 0 Å². The summed E-state index contributed by atoms with van der Waals surface area (Å²) in [4.78, 5) is 10.7. The second kappa shape index (κ2) is 2.66. The molecule has 1 aliphatic carbocycles. The molecule has 2 heteroatoms. The number of hydrogen-bond donors (Lipinski definition) is 0. The van der Waals surface area contributed by atoms with Gasteiger partial charge in [0.25, 0.3) is 0 Å². The highest BCUT2D eigenvalue weighted by molar-refractivity contribution is 5.81. The van der Waals surface area contributed by atoms with Gasteiger partial charge in [0.2, 0.25) is 0 Å². The largest absolute Gasteiger partial charge is 0.300 e. The summed E-state index contributed by atoms with van der Waals surface area (Å²) in [6.07, 6.45) is 1.99. The summed E-state index contributed by atoms with van der Waals surface area (Å²) < 4.78 is 0. The molecular formula is C8H9NO. The summed E-state index contributed by atoms with van der Waals surface area (Å²) in [5.41, 5.74) is 0.561. The van der Waals surface area contributed by atoms with E-state index in [0.717, 1.165) is 6.42 Å². The van der Waals surface area contributed by atoms with Gasteiger partial charge < -0.3 is 0 Å². The van der Waals surface area contributed by atoms with Crippen LogP contribution in [0.1, 0.15) is 19.3 Å². The standard InChI is InChI=1S/C8H9NO/c1-6(5-9)7-2-3-8(10)4-7/h7H,1-4H2. The number of carbonyl (C=O) groups is 1. The molecular weight excluding hydrogens is 126 g/mol. The third kappa shape index (κ3) is 1.24. The van der Waals surface area contributed by atoms with Crippen molar-refractivity contribution in [1.82, 2.24) is 0 Å². The Balaban J connectivity index is 2.54. The van der Waals surface area contributed by atoms with Gasteiger partial charge in [-0.1, -0.05) is 6.58 Å². The zero-order valence-electron chi connectivity index (χ0n) is 5.76. The minimum Gasteiger partial charge on any atom is -0.300 e. The van der Waals surface area contributed by atoms with E-state index in [4.69, 9.17) is 5.26 Å². The lowest BCUT2D eigenvalue weighted by Crippen LogP contribution is -1.96. The zero-order valence-corrected chi connectivity index (χ0v) is 5.76. The minimum absolute atomic E-state index is 0.150. The van der Waals surface area contributed by atoms with Gasteiger partial charge in [-0.25, -0.2) is 0 Å². The van der Waals surface area contributed by atoms with E-state index in [1.54, 1.807) is 0 Å². The predicted octanol–water partition coefficient (Wildman–Crippen LogP) is 1.44. The number of nitrogens with zero attached hydrogens (tertiary/aromatic N) is 1. The molecule has 10 heavy (non-hydrogen) atoms. The quantitative estimate of drug-likeness (QED) is 0.510. The van der Waals surface area contributed by atoms with Crippen LogP contribution in [0.3, 0.4) is 0 Å². The van der Waals surface area contributed by atoms with E-state index in [-0.39, 0.29) is 11.7 Å². The van der Waals surface area contributed by atoms with Crippen LogP contribution in [0.4, 0.5) is 0 Å². The Morgan fingerprint density at radius 2 is 2.50 bits per heavy atom. The number of allylic oxidation sites excluding steroid dienone is 1. The monoisotopic (exact) mass is 135 g/mol. The van der Waals surface area contributed by atoms with Crippen LogP contribution in [-0.2, 0) is 4.79 Å². The minimum atomic E-state index is 0.150. The second-order valence-corrected chi connectivity index (χ2v) is 2.62. The predicted molar refractivity (Wildman–Crippen MR) is 37.1 cm³/mol. The summed E-state index contributed by atoms with van der Waals surface area (Å²) in [5, 5.41) is 8.42. The molecule has 0 amide bonds. The van der Waals surface area contributed by atoms with Crippen molar-refractivity contribution < 1.29 is 4.79 Å². The molecule has 0 spiro atoms. The van der Waals surface area contributed by atoms with Crippen LogP contribution in [0.25, 0.3) is 0 Å². The fourth-order valence-corrected chi connectivity index (χ4v) is 1.20. The van der Waals surface area contributed by atoms with Crippen LogP contribution in [0.15, 0.2) is 12.2 Å². The summed E-state index contributed by atoms with van der Waals surface area (Å²) in [6, 6.07) is 1.98. The van der Waals surface area contributed by atoms with Crippen LogP contribution in [0.2, 0.25) is 0 Å². The Hall–Kier alpha value is -1.10. The van der Waals surface area contributed by atoms with Crippen LogP contribution in [0, 0.1) is 17.2 Å². The van der Waals surface area contributed by atoms with Crippen molar-refractivity contribution >= 4 is 5.78 Å². The van der Waals surface area contributed by atoms with Crippen LogP contribution >= 0.6 is 0 Å². The first kappa shape index (κ1) is 7.01. The topological polar surface area (TPSA) is 40.9 Å². The molecule has 0 aromatic heterocycles. The number of rotatable bonds is 1. The van der Waals surface area contributed by atoms with E-state index in [1.165, 1.54) is 0 Å². The van der Waals surface area contributed by atoms with Gasteiger partial charge in [-0.2, -0.15) is 5.26 Å². The van der Waals surface area contributed by atoms with Crippen molar-refractivity contribution in [2.75, 3.05) is 0 Å². The molecule has 1 fully saturated rings. The average Bonchev–Trinajstić information content (AvgIpc) is 2.34. The molecule has 1 aliphatic rings. The van der Waals surface area contributed by atoms with Crippen molar-refractivity contribution in [2.45, 2.75) is 19.3 Å². The summed E-state index contributed by atoms with van der Waals surface area (Å²) in [5.74, 6) is 0.416. The average molecular weight is 135 g/mol. The maximum atomic E-state index is 10.7. The number of Topliss-reactive ketones (excluding diaryl/α,β-unsaturated/α-hetero) is 1. The molecule has 1 atom stereocenters. The van der Waals surface area contributed by atoms with Gasteiger partial charge in [-0.05, 0) is 6.42 Å². The van der Waals surface area contributed by atoms with Crippen molar-refractivity contribution in [3.8, 4) is 6.07 Å². The number of hydrogen-bond acceptors (Lipinski definition) is 2. The van der Waals surface area contributed by atoms with Gasteiger partial charge >= 0.3 is 0 Å². The Morgan fingerprint density at radius 1 is 1.80 bits per heavy atom. The Morgan fingerprint density at radius 3 is 2.90 bits per heavy atom. The zero-order chi connectivity index (χ0) is 7.56. The molecule has 0 heterocycles.